The van der Waals surface area contributed by atoms with E-state index in [1.807, 2.05) is 30.5 Å². The van der Waals surface area contributed by atoms with Gasteiger partial charge in [0.15, 0.2) is 0 Å². The quantitative estimate of drug-likeness (QED) is 0.367. The average Bonchev–Trinajstić information content (AvgIpc) is 3.42. The number of benzene rings is 2. The van der Waals surface area contributed by atoms with Gasteiger partial charge in [-0.25, -0.2) is 14.5 Å². The number of esters is 1. The number of ether oxygens (including phenoxy) is 1. The number of nitrogens with one attached hydrogen (secondary N) is 1. The molecule has 4 amide bonds. The first-order chi connectivity index (χ1) is 16.9. The Morgan fingerprint density at radius 3 is 2.49 bits per heavy atom. The van der Waals surface area contributed by atoms with E-state index in [0.717, 1.165) is 15.3 Å². The fraction of sp³-hybridized carbons (Fsp3) is 0.231. The SMILES string of the molecule is CCOC(=O)c1ccc(NC(=O)CC2C(=O)N(c3cccc(C)c3)C(=O)N2Cc2cccs2)cc1. The zero-order valence-corrected chi connectivity index (χ0v) is 20.2. The number of carbonyl (C=O) groups is 4. The molecule has 0 saturated carbocycles. The summed E-state index contributed by atoms with van der Waals surface area (Å²) in [7, 11) is 0. The molecule has 0 bridgehead atoms. The summed E-state index contributed by atoms with van der Waals surface area (Å²) in [6, 6.07) is 15.8. The van der Waals surface area contributed by atoms with E-state index >= 15 is 0 Å². The van der Waals surface area contributed by atoms with Gasteiger partial charge in [0.25, 0.3) is 5.91 Å². The zero-order chi connectivity index (χ0) is 24.9. The second kappa shape index (κ2) is 10.5. The van der Waals surface area contributed by atoms with Crippen LogP contribution in [0.5, 0.6) is 0 Å². The Kier molecular flexibility index (Phi) is 7.26. The smallest absolute Gasteiger partial charge is 0.338 e. The van der Waals surface area contributed by atoms with Crippen molar-refractivity contribution in [1.82, 2.24) is 4.90 Å². The summed E-state index contributed by atoms with van der Waals surface area (Å²) in [6.45, 7) is 4.11. The van der Waals surface area contributed by atoms with E-state index in [1.54, 1.807) is 49.4 Å². The summed E-state index contributed by atoms with van der Waals surface area (Å²) in [6.07, 6.45) is -0.197. The Labute approximate surface area is 207 Å². The maximum absolute atomic E-state index is 13.4. The van der Waals surface area contributed by atoms with Crippen LogP contribution in [0.1, 0.15) is 34.1 Å². The van der Waals surface area contributed by atoms with Gasteiger partial charge in [0, 0.05) is 10.6 Å². The van der Waals surface area contributed by atoms with Crippen molar-refractivity contribution in [3.63, 3.8) is 0 Å². The van der Waals surface area contributed by atoms with E-state index in [9.17, 15) is 19.2 Å². The Bertz CT molecular complexity index is 1240. The third-order valence-corrected chi connectivity index (χ3v) is 6.40. The molecular weight excluding hydrogens is 466 g/mol. The Hall–Kier alpha value is -3.98. The average molecular weight is 492 g/mol. The van der Waals surface area contributed by atoms with E-state index in [2.05, 4.69) is 5.32 Å². The summed E-state index contributed by atoms with van der Waals surface area (Å²) in [5, 5.41) is 4.65. The number of imide groups is 1. The molecule has 1 N–H and O–H groups in total. The fourth-order valence-electron chi connectivity index (χ4n) is 3.88. The minimum absolute atomic E-state index is 0.197. The predicted octanol–water partition coefficient (Wildman–Crippen LogP) is 4.60. The second-order valence-corrected chi connectivity index (χ2v) is 9.10. The van der Waals surface area contributed by atoms with Crippen LogP contribution in [0.15, 0.2) is 66.0 Å². The normalized spacial score (nSPS) is 15.4. The molecule has 4 rings (SSSR count). The molecule has 8 nitrogen and oxygen atoms in total. The third kappa shape index (κ3) is 5.41. The highest BCUT2D eigenvalue weighted by molar-refractivity contribution is 7.09. The van der Waals surface area contributed by atoms with E-state index in [0.29, 0.717) is 16.9 Å². The molecule has 180 valence electrons. The zero-order valence-electron chi connectivity index (χ0n) is 19.4. The molecule has 1 aliphatic rings. The number of anilines is 2. The van der Waals surface area contributed by atoms with Gasteiger partial charge >= 0.3 is 12.0 Å². The first-order valence-electron chi connectivity index (χ1n) is 11.2. The summed E-state index contributed by atoms with van der Waals surface area (Å²) < 4.78 is 4.96. The highest BCUT2D eigenvalue weighted by Crippen LogP contribution is 2.30. The van der Waals surface area contributed by atoms with Crippen molar-refractivity contribution in [2.24, 2.45) is 0 Å². The minimum atomic E-state index is -0.941. The Morgan fingerprint density at radius 1 is 1.06 bits per heavy atom. The number of nitrogens with zero attached hydrogens (tertiary/aromatic N) is 2. The molecule has 1 fully saturated rings. The van der Waals surface area contributed by atoms with Crippen LogP contribution in [0.4, 0.5) is 16.2 Å². The van der Waals surface area contributed by atoms with Crippen molar-refractivity contribution in [2.45, 2.75) is 32.9 Å². The van der Waals surface area contributed by atoms with E-state index in [-0.39, 0.29) is 19.6 Å². The fourth-order valence-corrected chi connectivity index (χ4v) is 4.58. The van der Waals surface area contributed by atoms with Crippen molar-refractivity contribution >= 4 is 46.5 Å². The summed E-state index contributed by atoms with van der Waals surface area (Å²) in [4.78, 5) is 54.9. The molecule has 2 aromatic carbocycles. The van der Waals surface area contributed by atoms with E-state index in [1.165, 1.54) is 16.2 Å². The van der Waals surface area contributed by atoms with Gasteiger partial charge in [0.1, 0.15) is 6.04 Å². The first kappa shape index (κ1) is 24.2. The van der Waals surface area contributed by atoms with Crippen LogP contribution < -0.4 is 10.2 Å². The lowest BCUT2D eigenvalue weighted by molar-refractivity contribution is -0.124. The van der Waals surface area contributed by atoms with Gasteiger partial charge in [-0.15, -0.1) is 11.3 Å². The van der Waals surface area contributed by atoms with Gasteiger partial charge in [-0.1, -0.05) is 18.2 Å². The third-order valence-electron chi connectivity index (χ3n) is 5.54. The van der Waals surface area contributed by atoms with Crippen LogP contribution in [0.2, 0.25) is 0 Å². The lowest BCUT2D eigenvalue weighted by atomic mass is 10.1. The molecular formula is C26H25N3O5S. The van der Waals surface area contributed by atoms with Crippen LogP contribution in [-0.2, 0) is 20.9 Å². The Morgan fingerprint density at radius 2 is 1.83 bits per heavy atom. The van der Waals surface area contributed by atoms with Gasteiger partial charge in [-0.2, -0.15) is 0 Å². The van der Waals surface area contributed by atoms with Crippen LogP contribution in [0, 0.1) is 6.92 Å². The largest absolute Gasteiger partial charge is 0.462 e. The van der Waals surface area contributed by atoms with Crippen molar-refractivity contribution in [3.05, 3.63) is 82.0 Å². The number of amides is 4. The molecule has 1 saturated heterocycles. The monoisotopic (exact) mass is 491 g/mol. The number of carbonyl (C=O) groups excluding carboxylic acids is 4. The molecule has 1 aromatic heterocycles. The summed E-state index contributed by atoms with van der Waals surface area (Å²) in [5.74, 6) is -1.30. The number of hydrogen-bond donors (Lipinski definition) is 1. The van der Waals surface area contributed by atoms with Crippen molar-refractivity contribution < 1.29 is 23.9 Å². The molecule has 9 heteroatoms. The van der Waals surface area contributed by atoms with Gasteiger partial charge in [0.05, 0.1) is 30.8 Å². The van der Waals surface area contributed by atoms with Gasteiger partial charge in [-0.3, -0.25) is 9.59 Å². The first-order valence-corrected chi connectivity index (χ1v) is 12.1. The van der Waals surface area contributed by atoms with Crippen LogP contribution >= 0.6 is 11.3 Å². The Balaban J connectivity index is 1.52. The van der Waals surface area contributed by atoms with Crippen molar-refractivity contribution in [2.75, 3.05) is 16.8 Å². The van der Waals surface area contributed by atoms with E-state index in [4.69, 9.17) is 4.74 Å². The van der Waals surface area contributed by atoms with Gasteiger partial charge in [0.2, 0.25) is 5.91 Å². The topological polar surface area (TPSA) is 96.0 Å². The molecule has 0 spiro atoms. The lowest BCUT2D eigenvalue weighted by Gasteiger charge is -2.21. The van der Waals surface area contributed by atoms with Crippen molar-refractivity contribution in [1.29, 1.82) is 0 Å². The van der Waals surface area contributed by atoms with Crippen LogP contribution in [0.3, 0.4) is 0 Å². The molecule has 3 aromatic rings. The molecule has 1 aliphatic heterocycles. The van der Waals surface area contributed by atoms with Gasteiger partial charge in [-0.05, 0) is 67.3 Å². The molecule has 35 heavy (non-hydrogen) atoms. The molecule has 2 heterocycles. The highest BCUT2D eigenvalue weighted by atomic mass is 32.1. The maximum Gasteiger partial charge on any atom is 0.338 e. The minimum Gasteiger partial charge on any atom is -0.462 e. The maximum atomic E-state index is 13.4. The van der Waals surface area contributed by atoms with Crippen LogP contribution in [-0.4, -0.2) is 41.4 Å². The standard InChI is InChI=1S/C26H25N3O5S/c1-3-34-25(32)18-9-11-19(12-10-18)27-23(30)15-22-24(31)29(20-7-4-6-17(2)14-20)26(33)28(22)16-21-8-5-13-35-21/h4-14,22H,3,15-16H2,1-2H3,(H,27,30). The molecule has 0 aliphatic carbocycles. The highest BCUT2D eigenvalue weighted by Gasteiger charge is 2.46. The predicted molar refractivity (Wildman–Crippen MR) is 133 cm³/mol. The number of aryl methyl sites for hydroxylation is 1. The molecule has 1 unspecified atom stereocenters. The number of thiophene rings is 1. The van der Waals surface area contributed by atoms with Crippen molar-refractivity contribution in [3.8, 4) is 0 Å². The summed E-state index contributed by atoms with van der Waals surface area (Å²) in [5.41, 5.74) is 2.24. The van der Waals surface area contributed by atoms with Crippen LogP contribution in [0.25, 0.3) is 0 Å². The van der Waals surface area contributed by atoms with Gasteiger partial charge < -0.3 is 15.0 Å². The number of rotatable bonds is 8. The lowest BCUT2D eigenvalue weighted by Crippen LogP contribution is -2.37. The summed E-state index contributed by atoms with van der Waals surface area (Å²) >= 11 is 1.48. The number of urea groups is 1. The molecule has 0 radical (unpaired) electrons. The van der Waals surface area contributed by atoms with E-state index < -0.39 is 29.9 Å². The molecule has 1 atom stereocenters. The number of hydrogen-bond acceptors (Lipinski definition) is 6. The second-order valence-electron chi connectivity index (χ2n) is 8.07.